The quantitative estimate of drug-likeness (QED) is 0.680. The van der Waals surface area contributed by atoms with Crippen LogP contribution in [0.4, 0.5) is 0 Å². The molecule has 0 heterocycles. The number of hydrogen-bond donors (Lipinski definition) is 0. The third-order valence-electron chi connectivity index (χ3n) is 2.35. The maximum absolute atomic E-state index is 10.2. The van der Waals surface area contributed by atoms with Gasteiger partial charge in [0.2, 0.25) is 0 Å². The summed E-state index contributed by atoms with van der Waals surface area (Å²) in [4.78, 5) is 10.2. The highest BCUT2D eigenvalue weighted by molar-refractivity contribution is 5.66. The van der Waals surface area contributed by atoms with Crippen LogP contribution < -0.4 is 0 Å². The highest BCUT2D eigenvalue weighted by atomic mass is 16.5. The molecular formula is C12H26O3. The van der Waals surface area contributed by atoms with Gasteiger partial charge in [0, 0.05) is 14.0 Å². The normalized spacial score (nSPS) is 12.5. The second-order valence-electron chi connectivity index (χ2n) is 4.15. The Balaban J connectivity index is 0. The van der Waals surface area contributed by atoms with E-state index in [1.807, 2.05) is 13.8 Å². The summed E-state index contributed by atoms with van der Waals surface area (Å²) in [6.07, 6.45) is 2.04. The number of methoxy groups -OCH3 is 1. The first-order chi connectivity index (χ1) is 6.79. The van der Waals surface area contributed by atoms with E-state index in [2.05, 4.69) is 20.8 Å². The number of carbonyl (C=O) groups is 1. The van der Waals surface area contributed by atoms with Crippen LogP contribution in [0.15, 0.2) is 0 Å². The Morgan fingerprint density at radius 3 is 1.87 bits per heavy atom. The van der Waals surface area contributed by atoms with Gasteiger partial charge in [-0.05, 0) is 33.6 Å². The molecule has 0 aromatic carbocycles. The molecule has 15 heavy (non-hydrogen) atoms. The number of rotatable bonds is 4. The van der Waals surface area contributed by atoms with Gasteiger partial charge in [0.1, 0.15) is 0 Å². The van der Waals surface area contributed by atoms with Gasteiger partial charge in [0.05, 0.1) is 11.7 Å². The van der Waals surface area contributed by atoms with Gasteiger partial charge in [-0.1, -0.05) is 13.8 Å². The fourth-order valence-corrected chi connectivity index (χ4v) is 0.511. The Kier molecular flexibility index (Phi) is 9.79. The van der Waals surface area contributed by atoms with Crippen molar-refractivity contribution in [3.05, 3.63) is 0 Å². The minimum atomic E-state index is -0.195. The van der Waals surface area contributed by atoms with Gasteiger partial charge in [0.25, 0.3) is 0 Å². The molecule has 0 spiro atoms. The highest BCUT2D eigenvalue weighted by Crippen LogP contribution is 2.10. The molecule has 0 bridgehead atoms. The molecule has 0 fully saturated rings. The summed E-state index contributed by atoms with van der Waals surface area (Å²) in [5.41, 5.74) is 0.0833. The smallest absolute Gasteiger partial charge is 0.302 e. The lowest BCUT2D eigenvalue weighted by atomic mass is 10.1. The molecule has 0 radical (unpaired) electrons. The van der Waals surface area contributed by atoms with Crippen LogP contribution in [0.3, 0.4) is 0 Å². The Bertz CT molecular complexity index is 158. The monoisotopic (exact) mass is 218 g/mol. The summed E-state index contributed by atoms with van der Waals surface area (Å²) in [5.74, 6) is -0.195. The second-order valence-corrected chi connectivity index (χ2v) is 4.15. The van der Waals surface area contributed by atoms with Crippen LogP contribution in [-0.2, 0) is 14.3 Å². The molecule has 0 aromatic heterocycles. The Morgan fingerprint density at radius 2 is 1.80 bits per heavy atom. The largest absolute Gasteiger partial charge is 0.463 e. The van der Waals surface area contributed by atoms with E-state index in [0.717, 1.165) is 12.8 Å². The van der Waals surface area contributed by atoms with Crippen LogP contribution in [0.25, 0.3) is 0 Å². The van der Waals surface area contributed by atoms with Crippen LogP contribution in [0.1, 0.15) is 54.4 Å². The van der Waals surface area contributed by atoms with Crippen molar-refractivity contribution >= 4 is 5.97 Å². The highest BCUT2D eigenvalue weighted by Gasteiger charge is 2.10. The number of ether oxygens (including phenoxy) is 2. The number of esters is 1. The van der Waals surface area contributed by atoms with Crippen LogP contribution >= 0.6 is 0 Å². The van der Waals surface area contributed by atoms with Crippen LogP contribution in [-0.4, -0.2) is 24.8 Å². The summed E-state index contributed by atoms with van der Waals surface area (Å²) in [6.45, 7) is 11.5. The molecule has 0 aliphatic rings. The zero-order valence-electron chi connectivity index (χ0n) is 11.2. The molecule has 0 N–H and O–H groups in total. The van der Waals surface area contributed by atoms with Crippen LogP contribution in [0.2, 0.25) is 0 Å². The Hall–Kier alpha value is -0.570. The standard InChI is InChI=1S/C6H12O2.C6H14O/c1-4-5(2)8-6(3)7;1-5-6(2,3)7-4/h5H,4H2,1-3H3;5H2,1-4H3. The van der Waals surface area contributed by atoms with E-state index >= 15 is 0 Å². The molecule has 3 nitrogen and oxygen atoms in total. The first-order valence-corrected chi connectivity index (χ1v) is 5.51. The van der Waals surface area contributed by atoms with Gasteiger partial charge >= 0.3 is 5.97 Å². The molecule has 0 amide bonds. The Morgan fingerprint density at radius 1 is 1.33 bits per heavy atom. The van der Waals surface area contributed by atoms with Crippen molar-refractivity contribution < 1.29 is 14.3 Å². The maximum atomic E-state index is 10.2. The lowest BCUT2D eigenvalue weighted by Gasteiger charge is -2.19. The molecule has 0 aliphatic heterocycles. The fourth-order valence-electron chi connectivity index (χ4n) is 0.511. The van der Waals surface area contributed by atoms with Crippen LogP contribution in [0, 0.1) is 0 Å². The fraction of sp³-hybridized carbons (Fsp3) is 0.917. The van der Waals surface area contributed by atoms with Crippen molar-refractivity contribution in [2.75, 3.05) is 7.11 Å². The SMILES string of the molecule is CCC(C)(C)OC.CCC(C)OC(C)=O. The summed E-state index contributed by atoms with van der Waals surface area (Å²) in [5, 5.41) is 0. The summed E-state index contributed by atoms with van der Waals surface area (Å²) in [7, 11) is 1.74. The zero-order chi connectivity index (χ0) is 12.5. The average molecular weight is 218 g/mol. The zero-order valence-corrected chi connectivity index (χ0v) is 11.2. The summed E-state index contributed by atoms with van der Waals surface area (Å²) >= 11 is 0. The van der Waals surface area contributed by atoms with Crippen molar-refractivity contribution in [2.24, 2.45) is 0 Å². The van der Waals surface area contributed by atoms with Crippen molar-refractivity contribution in [1.29, 1.82) is 0 Å². The molecule has 1 unspecified atom stereocenters. The van der Waals surface area contributed by atoms with E-state index in [0.29, 0.717) is 0 Å². The third-order valence-corrected chi connectivity index (χ3v) is 2.35. The first kappa shape index (κ1) is 16.8. The molecular weight excluding hydrogens is 192 g/mol. The predicted molar refractivity (Wildman–Crippen MR) is 62.9 cm³/mol. The van der Waals surface area contributed by atoms with Gasteiger partial charge in [-0.2, -0.15) is 0 Å². The molecule has 0 aliphatic carbocycles. The molecule has 0 saturated heterocycles. The molecule has 3 heteroatoms. The van der Waals surface area contributed by atoms with Crippen molar-refractivity contribution in [3.8, 4) is 0 Å². The van der Waals surface area contributed by atoms with Gasteiger partial charge in [-0.3, -0.25) is 4.79 Å². The minimum absolute atomic E-state index is 0.0764. The topological polar surface area (TPSA) is 35.5 Å². The minimum Gasteiger partial charge on any atom is -0.463 e. The Labute approximate surface area is 94.1 Å². The van der Waals surface area contributed by atoms with Gasteiger partial charge in [0.15, 0.2) is 0 Å². The second kappa shape index (κ2) is 8.72. The first-order valence-electron chi connectivity index (χ1n) is 5.51. The van der Waals surface area contributed by atoms with Gasteiger partial charge in [-0.15, -0.1) is 0 Å². The van der Waals surface area contributed by atoms with Crippen molar-refractivity contribution in [1.82, 2.24) is 0 Å². The van der Waals surface area contributed by atoms with Crippen LogP contribution in [0.5, 0.6) is 0 Å². The number of carbonyl (C=O) groups excluding carboxylic acids is 1. The molecule has 0 rings (SSSR count). The molecule has 0 aromatic rings. The molecule has 1 atom stereocenters. The third kappa shape index (κ3) is 13.4. The van der Waals surface area contributed by atoms with Gasteiger partial charge in [-0.25, -0.2) is 0 Å². The average Bonchev–Trinajstić information content (AvgIpc) is 2.18. The van der Waals surface area contributed by atoms with Gasteiger partial charge < -0.3 is 9.47 Å². The van der Waals surface area contributed by atoms with E-state index in [1.54, 1.807) is 7.11 Å². The van der Waals surface area contributed by atoms with Crippen molar-refractivity contribution in [2.45, 2.75) is 66.1 Å². The summed E-state index contributed by atoms with van der Waals surface area (Å²) in [6, 6.07) is 0. The van der Waals surface area contributed by atoms with E-state index in [-0.39, 0.29) is 17.7 Å². The van der Waals surface area contributed by atoms with E-state index in [1.165, 1.54) is 6.92 Å². The van der Waals surface area contributed by atoms with E-state index in [9.17, 15) is 4.79 Å². The number of hydrogen-bond acceptors (Lipinski definition) is 3. The lowest BCUT2D eigenvalue weighted by molar-refractivity contribution is -0.145. The van der Waals surface area contributed by atoms with E-state index < -0.39 is 0 Å². The lowest BCUT2D eigenvalue weighted by Crippen LogP contribution is -2.20. The summed E-state index contributed by atoms with van der Waals surface area (Å²) < 4.78 is 9.85. The van der Waals surface area contributed by atoms with E-state index in [4.69, 9.17) is 9.47 Å². The predicted octanol–water partition coefficient (Wildman–Crippen LogP) is 3.17. The molecule has 0 saturated carbocycles. The maximum Gasteiger partial charge on any atom is 0.302 e. The molecule has 92 valence electrons. The van der Waals surface area contributed by atoms with Crippen molar-refractivity contribution in [3.63, 3.8) is 0 Å².